The molecule has 0 unspecified atom stereocenters. The normalized spacial score (nSPS) is 19.1. The number of nitro benzene ring substituents is 1. The summed E-state index contributed by atoms with van der Waals surface area (Å²) in [6, 6.07) is 9.21. The van der Waals surface area contributed by atoms with Crippen molar-refractivity contribution in [2.45, 2.75) is 51.9 Å². The Balaban J connectivity index is 1.95. The summed E-state index contributed by atoms with van der Waals surface area (Å²) in [7, 11) is 0. The van der Waals surface area contributed by atoms with Crippen molar-refractivity contribution in [3.63, 3.8) is 0 Å². The van der Waals surface area contributed by atoms with Crippen LogP contribution in [0.15, 0.2) is 36.4 Å². The van der Waals surface area contributed by atoms with Gasteiger partial charge in [0.1, 0.15) is 29.2 Å². The molecule has 2 aromatic carbocycles. The smallest absolute Gasteiger partial charge is 0.323 e. The van der Waals surface area contributed by atoms with Gasteiger partial charge in [-0.15, -0.1) is 0 Å². The van der Waals surface area contributed by atoms with E-state index in [0.29, 0.717) is 17.9 Å². The van der Waals surface area contributed by atoms with Crippen LogP contribution in [0.25, 0.3) is 0 Å². The van der Waals surface area contributed by atoms with Crippen molar-refractivity contribution in [1.82, 2.24) is 0 Å². The molecule has 0 saturated heterocycles. The maximum Gasteiger partial charge on any atom is 0.323 e. The van der Waals surface area contributed by atoms with Crippen LogP contribution < -0.4 is 15.4 Å². The minimum atomic E-state index is -1.00. The van der Waals surface area contributed by atoms with Crippen LogP contribution in [0.5, 0.6) is 5.75 Å². The lowest BCUT2D eigenvalue weighted by Crippen LogP contribution is -2.49. The quantitative estimate of drug-likeness (QED) is 0.457. The predicted molar refractivity (Wildman–Crippen MR) is 117 cm³/mol. The number of anilines is 2. The standard InChI is InChI=1S/C22H27N3O6/c1-5-10-30-19-15-11-16(24-21(27)23-14-8-6-13(2)7-9-14)17(25(28)29)12-18(15)31-22(3,4)20(19)26/h6-9,11-12,19-20,26H,5,10H2,1-4H3,(H2,23,24,27)/t19-,20+/m0/s1. The van der Waals surface area contributed by atoms with E-state index in [1.54, 1.807) is 26.0 Å². The Labute approximate surface area is 180 Å². The number of urea groups is 1. The average Bonchev–Trinajstić information content (AvgIpc) is 2.70. The van der Waals surface area contributed by atoms with Crippen LogP contribution in [-0.4, -0.2) is 34.4 Å². The lowest BCUT2D eigenvalue weighted by molar-refractivity contribution is -0.384. The van der Waals surface area contributed by atoms with Crippen LogP contribution in [0, 0.1) is 17.0 Å². The third-order valence-corrected chi connectivity index (χ3v) is 5.06. The summed E-state index contributed by atoms with van der Waals surface area (Å²) in [4.78, 5) is 23.5. The summed E-state index contributed by atoms with van der Waals surface area (Å²) in [6.07, 6.45) is -1.01. The van der Waals surface area contributed by atoms with Crippen molar-refractivity contribution >= 4 is 23.1 Å². The largest absolute Gasteiger partial charge is 0.484 e. The molecule has 3 rings (SSSR count). The summed E-state index contributed by atoms with van der Waals surface area (Å²) >= 11 is 0. The third kappa shape index (κ3) is 4.95. The second kappa shape index (κ2) is 8.91. The molecule has 1 heterocycles. The van der Waals surface area contributed by atoms with Crippen molar-refractivity contribution < 1.29 is 24.3 Å². The Bertz CT molecular complexity index is 974. The predicted octanol–water partition coefficient (Wildman–Crippen LogP) is 4.55. The zero-order chi connectivity index (χ0) is 22.8. The van der Waals surface area contributed by atoms with Crippen LogP contribution in [0.1, 0.15) is 44.4 Å². The number of aliphatic hydroxyl groups excluding tert-OH is 1. The number of aliphatic hydroxyl groups is 1. The van der Waals surface area contributed by atoms with Crippen LogP contribution in [0.2, 0.25) is 0 Å². The van der Waals surface area contributed by atoms with Gasteiger partial charge in [0.05, 0.1) is 11.0 Å². The number of amides is 2. The number of nitrogens with zero attached hydrogens (tertiary/aromatic N) is 1. The Morgan fingerprint density at radius 2 is 1.94 bits per heavy atom. The van der Waals surface area contributed by atoms with Gasteiger partial charge in [0.25, 0.3) is 5.69 Å². The van der Waals surface area contributed by atoms with Gasteiger partial charge in [0.15, 0.2) is 0 Å². The molecule has 2 amide bonds. The number of hydrogen-bond donors (Lipinski definition) is 3. The van der Waals surface area contributed by atoms with Crippen LogP contribution in [0.4, 0.5) is 21.9 Å². The number of ether oxygens (including phenoxy) is 2. The van der Waals surface area contributed by atoms with Crippen molar-refractivity contribution in [3.05, 3.63) is 57.6 Å². The molecule has 3 N–H and O–H groups in total. The fourth-order valence-electron chi connectivity index (χ4n) is 3.37. The van der Waals surface area contributed by atoms with Gasteiger partial charge in [-0.2, -0.15) is 0 Å². The number of rotatable bonds is 6. The first-order valence-corrected chi connectivity index (χ1v) is 10.1. The molecule has 1 aliphatic rings. The average molecular weight is 429 g/mol. The van der Waals surface area contributed by atoms with Crippen molar-refractivity contribution in [2.75, 3.05) is 17.2 Å². The first-order valence-electron chi connectivity index (χ1n) is 10.1. The number of aryl methyl sites for hydroxylation is 1. The van der Waals surface area contributed by atoms with E-state index >= 15 is 0 Å². The monoisotopic (exact) mass is 429 g/mol. The number of fused-ring (bicyclic) bond motifs is 1. The molecule has 1 aliphatic heterocycles. The Morgan fingerprint density at radius 1 is 1.26 bits per heavy atom. The second-order valence-corrected chi connectivity index (χ2v) is 8.05. The number of carbonyl (C=O) groups excluding carboxylic acids is 1. The van der Waals surface area contributed by atoms with E-state index in [0.717, 1.165) is 12.0 Å². The SMILES string of the molecule is CCCO[C@H]1c2cc(NC(=O)Nc3ccc(C)cc3)c([N+](=O)[O-])cc2OC(C)(C)[C@@H]1O. The van der Waals surface area contributed by atoms with E-state index in [9.17, 15) is 20.0 Å². The Hall–Kier alpha value is -3.17. The number of carbonyl (C=O) groups is 1. The molecule has 0 radical (unpaired) electrons. The molecule has 9 nitrogen and oxygen atoms in total. The molecular formula is C22H27N3O6. The van der Waals surface area contributed by atoms with Gasteiger partial charge >= 0.3 is 6.03 Å². The van der Waals surface area contributed by atoms with Gasteiger partial charge in [-0.05, 0) is 45.4 Å². The molecule has 0 spiro atoms. The molecule has 0 bridgehead atoms. The van der Waals surface area contributed by atoms with E-state index in [1.165, 1.54) is 12.1 Å². The van der Waals surface area contributed by atoms with Crippen molar-refractivity contribution in [3.8, 4) is 5.75 Å². The summed E-state index contributed by atoms with van der Waals surface area (Å²) in [5.41, 5.74) is 0.686. The molecule has 31 heavy (non-hydrogen) atoms. The third-order valence-electron chi connectivity index (χ3n) is 5.06. The van der Waals surface area contributed by atoms with Crippen LogP contribution in [0.3, 0.4) is 0 Å². The number of benzene rings is 2. The highest BCUT2D eigenvalue weighted by Crippen LogP contribution is 2.45. The Kier molecular flexibility index (Phi) is 6.47. The number of hydrogen-bond acceptors (Lipinski definition) is 6. The molecular weight excluding hydrogens is 402 g/mol. The highest BCUT2D eigenvalue weighted by Gasteiger charge is 2.44. The van der Waals surface area contributed by atoms with Crippen molar-refractivity contribution in [1.29, 1.82) is 0 Å². The second-order valence-electron chi connectivity index (χ2n) is 8.05. The zero-order valence-electron chi connectivity index (χ0n) is 18.0. The van der Waals surface area contributed by atoms with Gasteiger partial charge in [0, 0.05) is 17.9 Å². The van der Waals surface area contributed by atoms with E-state index in [-0.39, 0.29) is 17.1 Å². The number of nitro groups is 1. The molecule has 0 aliphatic carbocycles. The van der Waals surface area contributed by atoms with E-state index < -0.39 is 28.8 Å². The summed E-state index contributed by atoms with van der Waals surface area (Å²) in [5, 5.41) is 27.6. The van der Waals surface area contributed by atoms with Crippen LogP contribution in [-0.2, 0) is 4.74 Å². The van der Waals surface area contributed by atoms with Gasteiger partial charge in [-0.1, -0.05) is 24.6 Å². The molecule has 0 saturated carbocycles. The Morgan fingerprint density at radius 3 is 2.55 bits per heavy atom. The summed E-state index contributed by atoms with van der Waals surface area (Å²) in [6.45, 7) is 7.64. The van der Waals surface area contributed by atoms with Crippen LogP contribution >= 0.6 is 0 Å². The maximum absolute atomic E-state index is 12.5. The lowest BCUT2D eigenvalue weighted by atomic mass is 9.88. The topological polar surface area (TPSA) is 123 Å². The van der Waals surface area contributed by atoms with Gasteiger partial charge < -0.3 is 25.2 Å². The fourth-order valence-corrected chi connectivity index (χ4v) is 3.37. The molecule has 166 valence electrons. The molecule has 0 fully saturated rings. The number of nitrogens with one attached hydrogen (secondary N) is 2. The van der Waals surface area contributed by atoms with E-state index in [1.807, 2.05) is 26.0 Å². The lowest BCUT2D eigenvalue weighted by Gasteiger charge is -2.41. The summed E-state index contributed by atoms with van der Waals surface area (Å²) < 4.78 is 11.7. The molecule has 9 heteroatoms. The first kappa shape index (κ1) is 22.5. The van der Waals surface area contributed by atoms with E-state index in [2.05, 4.69) is 10.6 Å². The molecule has 2 atom stereocenters. The fraction of sp³-hybridized carbons (Fsp3) is 0.409. The molecule has 2 aromatic rings. The minimum Gasteiger partial charge on any atom is -0.484 e. The maximum atomic E-state index is 12.5. The minimum absolute atomic E-state index is 0.0195. The zero-order valence-corrected chi connectivity index (χ0v) is 18.0. The summed E-state index contributed by atoms with van der Waals surface area (Å²) in [5.74, 6) is 0.243. The highest BCUT2D eigenvalue weighted by atomic mass is 16.6. The van der Waals surface area contributed by atoms with Gasteiger partial charge in [-0.3, -0.25) is 10.1 Å². The van der Waals surface area contributed by atoms with E-state index in [4.69, 9.17) is 9.47 Å². The van der Waals surface area contributed by atoms with Gasteiger partial charge in [0.2, 0.25) is 0 Å². The molecule has 0 aromatic heterocycles. The van der Waals surface area contributed by atoms with Crippen molar-refractivity contribution in [2.24, 2.45) is 0 Å². The highest BCUT2D eigenvalue weighted by molar-refractivity contribution is 6.01. The van der Waals surface area contributed by atoms with Gasteiger partial charge in [-0.25, -0.2) is 4.79 Å². The first-order chi connectivity index (χ1) is 14.6.